The van der Waals surface area contributed by atoms with Crippen molar-refractivity contribution < 1.29 is 9.53 Å². The number of benzene rings is 1. The summed E-state index contributed by atoms with van der Waals surface area (Å²) >= 11 is 1.68. The van der Waals surface area contributed by atoms with Gasteiger partial charge < -0.3 is 14.5 Å². The Morgan fingerprint density at radius 2 is 2.00 bits per heavy atom. The molecule has 1 aromatic carbocycles. The van der Waals surface area contributed by atoms with Crippen LogP contribution >= 0.6 is 11.3 Å². The van der Waals surface area contributed by atoms with Crippen molar-refractivity contribution in [1.29, 1.82) is 0 Å². The van der Waals surface area contributed by atoms with Gasteiger partial charge in [0.1, 0.15) is 11.6 Å². The average Bonchev–Trinajstić information content (AvgIpc) is 3.32. The fourth-order valence-corrected chi connectivity index (χ4v) is 4.63. The van der Waals surface area contributed by atoms with E-state index in [9.17, 15) is 4.79 Å². The fraction of sp³-hybridized carbons (Fsp3) is 0.348. The summed E-state index contributed by atoms with van der Waals surface area (Å²) in [6, 6.07) is 12.0. The van der Waals surface area contributed by atoms with E-state index in [1.54, 1.807) is 37.0 Å². The summed E-state index contributed by atoms with van der Waals surface area (Å²) in [7, 11) is 1.67. The Balaban J connectivity index is 1.47. The first-order valence-electron chi connectivity index (χ1n) is 10.2. The number of hydrogen-bond acceptors (Lipinski definition) is 6. The lowest BCUT2D eigenvalue weighted by Gasteiger charge is -2.34. The smallest absolute Gasteiger partial charge is 0.226 e. The lowest BCUT2D eigenvalue weighted by molar-refractivity contribution is -0.137. The number of anilines is 1. The lowest BCUT2D eigenvalue weighted by Crippen LogP contribution is -2.42. The summed E-state index contributed by atoms with van der Waals surface area (Å²) in [5.74, 6) is 1.94. The van der Waals surface area contributed by atoms with Crippen LogP contribution in [0, 0.1) is 5.92 Å². The van der Waals surface area contributed by atoms with Gasteiger partial charge in [0.05, 0.1) is 19.9 Å². The minimum absolute atomic E-state index is 0.0209. The maximum Gasteiger partial charge on any atom is 0.226 e. The van der Waals surface area contributed by atoms with Crippen molar-refractivity contribution in [2.24, 2.45) is 5.92 Å². The lowest BCUT2D eigenvalue weighted by atomic mass is 9.95. The second-order valence-electron chi connectivity index (χ2n) is 7.41. The molecule has 0 saturated carbocycles. The van der Waals surface area contributed by atoms with Gasteiger partial charge in [-0.05, 0) is 30.4 Å². The summed E-state index contributed by atoms with van der Waals surface area (Å²) in [5.41, 5.74) is 1.03. The Labute approximate surface area is 181 Å². The highest BCUT2D eigenvalue weighted by atomic mass is 32.1. The van der Waals surface area contributed by atoms with E-state index < -0.39 is 0 Å². The van der Waals surface area contributed by atoms with E-state index in [1.807, 2.05) is 35.2 Å². The first kappa shape index (κ1) is 20.3. The monoisotopic (exact) mass is 422 g/mol. The van der Waals surface area contributed by atoms with Gasteiger partial charge in [0.15, 0.2) is 0 Å². The normalized spacial score (nSPS) is 14.5. The highest BCUT2D eigenvalue weighted by Crippen LogP contribution is 2.27. The number of carbonyl (C=O) groups excluding carboxylic acids is 1. The van der Waals surface area contributed by atoms with Crippen LogP contribution in [0.1, 0.15) is 23.3 Å². The number of piperidine rings is 1. The van der Waals surface area contributed by atoms with Gasteiger partial charge in [-0.25, -0.2) is 4.98 Å². The van der Waals surface area contributed by atoms with Crippen LogP contribution in [0.5, 0.6) is 5.75 Å². The van der Waals surface area contributed by atoms with E-state index in [2.05, 4.69) is 26.3 Å². The molecular weight excluding hydrogens is 396 g/mol. The highest BCUT2D eigenvalue weighted by molar-refractivity contribution is 7.09. The van der Waals surface area contributed by atoms with Crippen LogP contribution < -0.4 is 9.64 Å². The molecular formula is C23H26N4O2S. The zero-order valence-electron chi connectivity index (χ0n) is 17.1. The van der Waals surface area contributed by atoms with Gasteiger partial charge in [0.25, 0.3) is 0 Å². The molecule has 3 aromatic rings. The van der Waals surface area contributed by atoms with Gasteiger partial charge in [0, 0.05) is 48.4 Å². The molecule has 0 radical (unpaired) electrons. The zero-order valence-corrected chi connectivity index (χ0v) is 17.9. The topological polar surface area (TPSA) is 58.6 Å². The molecule has 1 saturated heterocycles. The molecule has 1 fully saturated rings. The first-order chi connectivity index (χ1) is 14.7. The zero-order chi connectivity index (χ0) is 20.8. The van der Waals surface area contributed by atoms with Crippen LogP contribution in [0.25, 0.3) is 0 Å². The average molecular weight is 423 g/mol. The van der Waals surface area contributed by atoms with Crippen molar-refractivity contribution >= 4 is 23.1 Å². The van der Waals surface area contributed by atoms with Crippen molar-refractivity contribution in [2.75, 3.05) is 25.1 Å². The van der Waals surface area contributed by atoms with Crippen molar-refractivity contribution in [3.8, 4) is 5.75 Å². The van der Waals surface area contributed by atoms with Gasteiger partial charge in [-0.15, -0.1) is 11.3 Å². The molecule has 1 aliphatic rings. The fourth-order valence-electron chi connectivity index (χ4n) is 3.91. The summed E-state index contributed by atoms with van der Waals surface area (Å²) in [4.78, 5) is 27.4. The minimum atomic E-state index is 0.0209. The number of aromatic nitrogens is 2. The Hall–Kier alpha value is -2.93. The molecule has 7 heteroatoms. The molecule has 3 heterocycles. The van der Waals surface area contributed by atoms with E-state index >= 15 is 0 Å². The van der Waals surface area contributed by atoms with Gasteiger partial charge in [-0.1, -0.05) is 24.3 Å². The standard InChI is InChI=1S/C23H26N4O2S/c1-29-21-7-3-2-5-19(21)16-27(17-20-6-4-14-30-20)23(28)18-8-12-26(13-9-18)22-15-24-10-11-25-22/h2-7,10-11,14-15,18H,8-9,12-13,16-17H2,1H3. The molecule has 0 atom stereocenters. The molecule has 0 spiro atoms. The van der Waals surface area contributed by atoms with Crippen molar-refractivity contribution in [3.05, 3.63) is 70.8 Å². The molecule has 0 N–H and O–H groups in total. The van der Waals surface area contributed by atoms with E-state index in [-0.39, 0.29) is 11.8 Å². The molecule has 6 nitrogen and oxygen atoms in total. The molecule has 0 unspecified atom stereocenters. The van der Waals surface area contributed by atoms with E-state index in [4.69, 9.17) is 4.74 Å². The molecule has 0 bridgehead atoms. The van der Waals surface area contributed by atoms with Crippen LogP contribution in [0.15, 0.2) is 60.4 Å². The maximum atomic E-state index is 13.5. The molecule has 1 amide bonds. The number of ether oxygens (including phenoxy) is 1. The van der Waals surface area contributed by atoms with Crippen LogP contribution in [0.4, 0.5) is 5.82 Å². The third-order valence-corrected chi connectivity index (χ3v) is 6.37. The number of methoxy groups -OCH3 is 1. The molecule has 4 rings (SSSR count). The largest absolute Gasteiger partial charge is 0.496 e. The van der Waals surface area contributed by atoms with Gasteiger partial charge in [0.2, 0.25) is 5.91 Å². The summed E-state index contributed by atoms with van der Waals surface area (Å²) < 4.78 is 5.51. The Morgan fingerprint density at radius 1 is 1.17 bits per heavy atom. The second kappa shape index (κ2) is 9.71. The highest BCUT2D eigenvalue weighted by Gasteiger charge is 2.29. The third kappa shape index (κ3) is 4.79. The van der Waals surface area contributed by atoms with Crippen molar-refractivity contribution in [1.82, 2.24) is 14.9 Å². The molecule has 1 aliphatic heterocycles. The summed E-state index contributed by atoms with van der Waals surface area (Å²) in [6.45, 7) is 2.80. The molecule has 2 aromatic heterocycles. The van der Waals surface area contributed by atoms with Gasteiger partial charge >= 0.3 is 0 Å². The van der Waals surface area contributed by atoms with Gasteiger partial charge in [-0.3, -0.25) is 9.78 Å². The Kier molecular flexibility index (Phi) is 6.59. The van der Waals surface area contributed by atoms with E-state index in [0.29, 0.717) is 13.1 Å². The summed E-state index contributed by atoms with van der Waals surface area (Å²) in [6.07, 6.45) is 6.82. The van der Waals surface area contributed by atoms with Crippen LogP contribution in [0.2, 0.25) is 0 Å². The number of thiophene rings is 1. The molecule has 156 valence electrons. The number of para-hydroxylation sites is 1. The van der Waals surface area contributed by atoms with Crippen LogP contribution in [-0.4, -0.2) is 41.0 Å². The minimum Gasteiger partial charge on any atom is -0.496 e. The Morgan fingerprint density at radius 3 is 2.70 bits per heavy atom. The number of nitrogens with zero attached hydrogens (tertiary/aromatic N) is 4. The van der Waals surface area contributed by atoms with Crippen molar-refractivity contribution in [3.63, 3.8) is 0 Å². The first-order valence-corrected chi connectivity index (χ1v) is 11.1. The third-order valence-electron chi connectivity index (χ3n) is 5.51. The molecule has 0 aliphatic carbocycles. The SMILES string of the molecule is COc1ccccc1CN(Cc1cccs1)C(=O)C1CCN(c2cnccn2)CC1. The number of amides is 1. The van der Waals surface area contributed by atoms with E-state index in [0.717, 1.165) is 43.1 Å². The second-order valence-corrected chi connectivity index (χ2v) is 8.44. The van der Waals surface area contributed by atoms with Crippen LogP contribution in [0.3, 0.4) is 0 Å². The number of hydrogen-bond donors (Lipinski definition) is 0. The number of rotatable bonds is 7. The quantitative estimate of drug-likeness (QED) is 0.576. The predicted octanol–water partition coefficient (Wildman–Crippen LogP) is 3.99. The summed E-state index contributed by atoms with van der Waals surface area (Å²) in [5, 5.41) is 2.06. The predicted molar refractivity (Wildman–Crippen MR) is 119 cm³/mol. The number of carbonyl (C=O) groups is 1. The Bertz CT molecular complexity index is 941. The van der Waals surface area contributed by atoms with Crippen molar-refractivity contribution in [2.45, 2.75) is 25.9 Å². The van der Waals surface area contributed by atoms with E-state index in [1.165, 1.54) is 4.88 Å². The maximum absolute atomic E-state index is 13.5. The van der Waals surface area contributed by atoms with Gasteiger partial charge in [-0.2, -0.15) is 0 Å². The van der Waals surface area contributed by atoms with Crippen LogP contribution in [-0.2, 0) is 17.9 Å². The molecule has 30 heavy (non-hydrogen) atoms.